The highest BCUT2D eigenvalue weighted by Gasteiger charge is 2.33. The maximum Gasteiger partial charge on any atom is 0.416 e. The van der Waals surface area contributed by atoms with E-state index in [1.165, 1.54) is 12.4 Å². The van der Waals surface area contributed by atoms with Gasteiger partial charge in [-0.3, -0.25) is 4.98 Å². The Hall–Kier alpha value is -1.10. The molecule has 0 aliphatic carbocycles. The minimum Gasteiger partial charge on any atom is -0.317 e. The number of pyridine rings is 1. The number of aromatic nitrogens is 1. The first kappa shape index (κ1) is 12.4. The van der Waals surface area contributed by atoms with Gasteiger partial charge in [0.1, 0.15) is 0 Å². The highest BCUT2D eigenvalue weighted by Crippen LogP contribution is 2.33. The van der Waals surface area contributed by atoms with Crippen LogP contribution in [-0.4, -0.2) is 18.1 Å². The molecule has 0 amide bonds. The second-order valence-corrected chi connectivity index (χ2v) is 4.43. The summed E-state index contributed by atoms with van der Waals surface area (Å²) in [6, 6.07) is 1.07. The third-order valence-electron chi connectivity index (χ3n) is 3.18. The van der Waals surface area contributed by atoms with Crippen LogP contribution in [0, 0.1) is 5.92 Å². The molecule has 5 heteroatoms. The molecule has 0 aromatic carbocycles. The van der Waals surface area contributed by atoms with Crippen molar-refractivity contribution in [1.29, 1.82) is 0 Å². The normalized spacial score (nSPS) is 18.3. The Bertz CT molecular complexity index is 370. The van der Waals surface area contributed by atoms with Crippen LogP contribution in [-0.2, 0) is 12.6 Å². The van der Waals surface area contributed by atoms with Crippen molar-refractivity contribution < 1.29 is 13.2 Å². The van der Waals surface area contributed by atoms with E-state index in [4.69, 9.17) is 0 Å². The van der Waals surface area contributed by atoms with Crippen LogP contribution in [0.2, 0.25) is 0 Å². The molecule has 1 aromatic rings. The van der Waals surface area contributed by atoms with E-state index in [9.17, 15) is 13.2 Å². The Morgan fingerprint density at radius 2 is 2.00 bits per heavy atom. The molecule has 1 N–H and O–H groups in total. The van der Waals surface area contributed by atoms with Gasteiger partial charge >= 0.3 is 6.18 Å². The van der Waals surface area contributed by atoms with E-state index in [0.29, 0.717) is 17.9 Å². The van der Waals surface area contributed by atoms with Gasteiger partial charge in [-0.25, -0.2) is 0 Å². The second-order valence-electron chi connectivity index (χ2n) is 4.43. The predicted octanol–water partition coefficient (Wildman–Crippen LogP) is 2.64. The van der Waals surface area contributed by atoms with Gasteiger partial charge in [-0.15, -0.1) is 0 Å². The monoisotopic (exact) mass is 244 g/mol. The molecule has 17 heavy (non-hydrogen) atoms. The molecular formula is C12H15F3N2. The quantitative estimate of drug-likeness (QED) is 0.865. The van der Waals surface area contributed by atoms with Crippen LogP contribution in [0.15, 0.2) is 18.5 Å². The molecule has 0 radical (unpaired) electrons. The van der Waals surface area contributed by atoms with Crippen LogP contribution in [0.4, 0.5) is 13.2 Å². The van der Waals surface area contributed by atoms with Gasteiger partial charge in [-0.2, -0.15) is 13.2 Å². The van der Waals surface area contributed by atoms with Gasteiger partial charge in [-0.05, 0) is 49.9 Å². The van der Waals surface area contributed by atoms with Crippen molar-refractivity contribution in [2.24, 2.45) is 5.92 Å². The van der Waals surface area contributed by atoms with Gasteiger partial charge in [0.15, 0.2) is 0 Å². The van der Waals surface area contributed by atoms with Crippen molar-refractivity contribution in [3.8, 4) is 0 Å². The fourth-order valence-electron chi connectivity index (χ4n) is 2.26. The van der Waals surface area contributed by atoms with Crippen molar-refractivity contribution >= 4 is 0 Å². The van der Waals surface area contributed by atoms with Gasteiger partial charge in [0.05, 0.1) is 5.56 Å². The molecule has 0 spiro atoms. The summed E-state index contributed by atoms with van der Waals surface area (Å²) >= 11 is 0. The van der Waals surface area contributed by atoms with Crippen molar-refractivity contribution in [3.63, 3.8) is 0 Å². The van der Waals surface area contributed by atoms with Gasteiger partial charge in [-0.1, -0.05) is 0 Å². The maximum absolute atomic E-state index is 12.8. The predicted molar refractivity (Wildman–Crippen MR) is 58.5 cm³/mol. The molecule has 1 aliphatic heterocycles. The van der Waals surface area contributed by atoms with Crippen LogP contribution < -0.4 is 5.32 Å². The first-order valence-corrected chi connectivity index (χ1v) is 5.78. The Balaban J connectivity index is 2.14. The maximum atomic E-state index is 12.8. The number of nitrogens with zero attached hydrogens (tertiary/aromatic N) is 1. The van der Waals surface area contributed by atoms with E-state index in [0.717, 1.165) is 32.0 Å². The molecule has 94 valence electrons. The number of piperidine rings is 1. The van der Waals surface area contributed by atoms with Crippen molar-refractivity contribution in [1.82, 2.24) is 10.3 Å². The molecule has 0 unspecified atom stereocenters. The molecule has 2 rings (SSSR count). The zero-order valence-electron chi connectivity index (χ0n) is 9.43. The van der Waals surface area contributed by atoms with Gasteiger partial charge in [0.2, 0.25) is 0 Å². The SMILES string of the molecule is FC(F)(F)c1ccncc1CC1CCNCC1. The zero-order chi connectivity index (χ0) is 12.3. The number of hydrogen-bond donors (Lipinski definition) is 1. The number of alkyl halides is 3. The van der Waals surface area contributed by atoms with E-state index in [1.807, 2.05) is 0 Å². The average molecular weight is 244 g/mol. The number of hydrogen-bond acceptors (Lipinski definition) is 2. The molecule has 0 bridgehead atoms. The van der Waals surface area contributed by atoms with Gasteiger partial charge in [0.25, 0.3) is 0 Å². The fourth-order valence-corrected chi connectivity index (χ4v) is 2.26. The Labute approximate surface area is 98.2 Å². The third-order valence-corrected chi connectivity index (χ3v) is 3.18. The van der Waals surface area contributed by atoms with Crippen LogP contribution in [0.5, 0.6) is 0 Å². The first-order valence-electron chi connectivity index (χ1n) is 5.78. The molecule has 1 saturated heterocycles. The summed E-state index contributed by atoms with van der Waals surface area (Å²) in [5, 5.41) is 3.21. The minimum atomic E-state index is -4.27. The van der Waals surface area contributed by atoms with E-state index in [-0.39, 0.29) is 0 Å². The number of nitrogens with one attached hydrogen (secondary N) is 1. The summed E-state index contributed by atoms with van der Waals surface area (Å²) in [7, 11) is 0. The van der Waals surface area contributed by atoms with Crippen LogP contribution >= 0.6 is 0 Å². The van der Waals surface area contributed by atoms with Crippen LogP contribution in [0.1, 0.15) is 24.0 Å². The van der Waals surface area contributed by atoms with E-state index in [2.05, 4.69) is 10.3 Å². The topological polar surface area (TPSA) is 24.9 Å². The summed E-state index contributed by atoms with van der Waals surface area (Å²) in [6.07, 6.45) is 0.632. The first-order chi connectivity index (χ1) is 8.07. The summed E-state index contributed by atoms with van der Waals surface area (Å²) < 4.78 is 38.3. The summed E-state index contributed by atoms with van der Waals surface area (Å²) in [5.74, 6) is 0.335. The molecule has 0 saturated carbocycles. The number of halogens is 3. The lowest BCUT2D eigenvalue weighted by Gasteiger charge is -2.23. The summed E-state index contributed by atoms with van der Waals surface area (Å²) in [4.78, 5) is 3.81. The molecular weight excluding hydrogens is 229 g/mol. The van der Waals surface area contributed by atoms with E-state index >= 15 is 0 Å². The zero-order valence-corrected chi connectivity index (χ0v) is 9.43. The smallest absolute Gasteiger partial charge is 0.317 e. The third kappa shape index (κ3) is 3.19. The molecule has 1 fully saturated rings. The molecule has 1 aromatic heterocycles. The largest absolute Gasteiger partial charge is 0.416 e. The fraction of sp³-hybridized carbons (Fsp3) is 0.583. The lowest BCUT2D eigenvalue weighted by molar-refractivity contribution is -0.138. The van der Waals surface area contributed by atoms with Crippen molar-refractivity contribution in [2.45, 2.75) is 25.4 Å². The lowest BCUT2D eigenvalue weighted by Crippen LogP contribution is -2.29. The molecule has 0 atom stereocenters. The highest BCUT2D eigenvalue weighted by molar-refractivity contribution is 5.26. The summed E-state index contributed by atoms with van der Waals surface area (Å²) in [5.41, 5.74) is -0.210. The van der Waals surface area contributed by atoms with Crippen LogP contribution in [0.3, 0.4) is 0 Å². The van der Waals surface area contributed by atoms with Crippen LogP contribution in [0.25, 0.3) is 0 Å². The molecule has 2 heterocycles. The van der Waals surface area contributed by atoms with Crippen molar-refractivity contribution in [3.05, 3.63) is 29.6 Å². The average Bonchev–Trinajstić information content (AvgIpc) is 2.30. The standard InChI is InChI=1S/C12H15F3N2/c13-12(14,15)11-3-6-17-8-10(11)7-9-1-4-16-5-2-9/h3,6,8-9,16H,1-2,4-5,7H2. The Morgan fingerprint density at radius 1 is 1.29 bits per heavy atom. The molecule has 1 aliphatic rings. The molecule has 2 nitrogen and oxygen atoms in total. The minimum absolute atomic E-state index is 0.326. The number of rotatable bonds is 2. The Morgan fingerprint density at radius 3 is 2.65 bits per heavy atom. The second kappa shape index (κ2) is 5.04. The van der Waals surface area contributed by atoms with E-state index in [1.54, 1.807) is 0 Å². The summed E-state index contributed by atoms with van der Waals surface area (Å²) in [6.45, 7) is 1.79. The van der Waals surface area contributed by atoms with Crippen molar-refractivity contribution in [2.75, 3.05) is 13.1 Å². The van der Waals surface area contributed by atoms with Gasteiger partial charge < -0.3 is 5.32 Å². The lowest BCUT2D eigenvalue weighted by atomic mass is 9.90. The highest BCUT2D eigenvalue weighted by atomic mass is 19.4. The Kier molecular flexibility index (Phi) is 3.66. The van der Waals surface area contributed by atoms with E-state index < -0.39 is 11.7 Å². The van der Waals surface area contributed by atoms with Gasteiger partial charge in [0, 0.05) is 12.4 Å².